The maximum Gasteiger partial charge on any atom is 0.407 e. The van der Waals surface area contributed by atoms with E-state index in [0.29, 0.717) is 11.5 Å². The summed E-state index contributed by atoms with van der Waals surface area (Å²) < 4.78 is 20.4. The molecular formula is C26H31FN2O2. The third-order valence-electron chi connectivity index (χ3n) is 7.43. The van der Waals surface area contributed by atoms with Gasteiger partial charge < -0.3 is 10.1 Å². The molecule has 1 unspecified atom stereocenters. The molecule has 3 aliphatic heterocycles. The molecule has 31 heavy (non-hydrogen) atoms. The van der Waals surface area contributed by atoms with Crippen LogP contribution in [0.3, 0.4) is 0 Å². The van der Waals surface area contributed by atoms with Crippen LogP contribution in [0, 0.1) is 24.1 Å². The second-order valence-electron chi connectivity index (χ2n) is 10.2. The fourth-order valence-electron chi connectivity index (χ4n) is 5.68. The van der Waals surface area contributed by atoms with Crippen LogP contribution in [0.25, 0.3) is 11.1 Å². The van der Waals surface area contributed by atoms with Crippen LogP contribution in [-0.4, -0.2) is 36.7 Å². The van der Waals surface area contributed by atoms with Gasteiger partial charge in [0.15, 0.2) is 0 Å². The van der Waals surface area contributed by atoms with Crippen molar-refractivity contribution in [1.29, 1.82) is 0 Å². The minimum atomic E-state index is -0.321. The van der Waals surface area contributed by atoms with Crippen LogP contribution in [0.2, 0.25) is 0 Å². The number of nitrogens with one attached hydrogen (secondary N) is 1. The SMILES string of the molecule is Cc1ccc(-c2ccc3c(c2)CC(C)(C)C3NC(=O)O[C@H]2CN3CCC2CC3)c(F)c1. The van der Waals surface area contributed by atoms with Crippen molar-refractivity contribution in [3.05, 3.63) is 58.9 Å². The van der Waals surface area contributed by atoms with Crippen molar-refractivity contribution < 1.29 is 13.9 Å². The zero-order valence-corrected chi connectivity index (χ0v) is 18.6. The molecule has 5 heteroatoms. The Labute approximate surface area is 183 Å². The first kappa shape index (κ1) is 20.5. The Morgan fingerprint density at radius 1 is 1.16 bits per heavy atom. The number of aryl methyl sites for hydroxylation is 1. The van der Waals surface area contributed by atoms with E-state index in [0.717, 1.165) is 61.2 Å². The number of alkyl carbamates (subject to hydrolysis) is 1. The lowest BCUT2D eigenvalue weighted by Crippen LogP contribution is -2.53. The van der Waals surface area contributed by atoms with E-state index in [2.05, 4.69) is 30.1 Å². The van der Waals surface area contributed by atoms with E-state index in [9.17, 15) is 9.18 Å². The molecule has 0 saturated carbocycles. The third-order valence-corrected chi connectivity index (χ3v) is 7.43. The number of fused-ring (bicyclic) bond motifs is 4. The number of nitrogens with zero attached hydrogens (tertiary/aromatic N) is 1. The largest absolute Gasteiger partial charge is 0.445 e. The predicted octanol–water partition coefficient (Wildman–Crippen LogP) is 5.24. The summed E-state index contributed by atoms with van der Waals surface area (Å²) in [5.41, 5.74) is 4.53. The van der Waals surface area contributed by atoms with Crippen molar-refractivity contribution in [3.8, 4) is 11.1 Å². The quantitative estimate of drug-likeness (QED) is 0.735. The molecule has 2 aromatic carbocycles. The summed E-state index contributed by atoms with van der Waals surface area (Å²) in [5.74, 6) is 0.291. The summed E-state index contributed by atoms with van der Waals surface area (Å²) in [6.07, 6.45) is 2.74. The van der Waals surface area contributed by atoms with Crippen LogP contribution in [-0.2, 0) is 11.2 Å². The Kier molecular flexibility index (Phi) is 5.04. The Balaban J connectivity index is 1.34. The summed E-state index contributed by atoms with van der Waals surface area (Å²) >= 11 is 0. The number of carbonyl (C=O) groups is 1. The van der Waals surface area contributed by atoms with Crippen LogP contribution in [0.5, 0.6) is 0 Å². The van der Waals surface area contributed by atoms with Gasteiger partial charge in [0, 0.05) is 12.1 Å². The topological polar surface area (TPSA) is 41.6 Å². The molecule has 3 fully saturated rings. The van der Waals surface area contributed by atoms with E-state index in [-0.39, 0.29) is 29.5 Å². The Hall–Kier alpha value is -2.40. The number of hydrogen-bond acceptors (Lipinski definition) is 3. The van der Waals surface area contributed by atoms with E-state index in [4.69, 9.17) is 4.74 Å². The van der Waals surface area contributed by atoms with Crippen LogP contribution >= 0.6 is 0 Å². The van der Waals surface area contributed by atoms with Gasteiger partial charge in [-0.1, -0.05) is 44.2 Å². The molecule has 2 aromatic rings. The summed E-state index contributed by atoms with van der Waals surface area (Å²) in [4.78, 5) is 15.2. The number of halogens is 1. The van der Waals surface area contributed by atoms with Gasteiger partial charge in [-0.05, 0) is 78.9 Å². The van der Waals surface area contributed by atoms with Crippen molar-refractivity contribution in [3.63, 3.8) is 0 Å². The van der Waals surface area contributed by atoms with E-state index in [1.807, 2.05) is 31.2 Å². The minimum absolute atomic E-state index is 0.00151. The van der Waals surface area contributed by atoms with Crippen LogP contribution in [0.15, 0.2) is 36.4 Å². The molecule has 6 rings (SSSR count). The van der Waals surface area contributed by atoms with Gasteiger partial charge in [0.1, 0.15) is 11.9 Å². The number of benzene rings is 2. The Morgan fingerprint density at radius 3 is 2.61 bits per heavy atom. The average Bonchev–Trinajstić information content (AvgIpc) is 2.97. The standard InChI is InChI=1S/C26H31FN2O2/c1-16-4-6-20(22(27)12-16)18-5-7-21-19(13-18)14-26(2,3)24(21)28-25(30)31-23-15-29-10-8-17(23)9-11-29/h4-7,12-13,17,23-24H,8-11,14-15H2,1-3H3,(H,28,30)/t23-,24?/m0/s1. The third kappa shape index (κ3) is 3.84. The molecule has 0 radical (unpaired) electrons. The van der Waals surface area contributed by atoms with Gasteiger partial charge in [0.25, 0.3) is 0 Å². The molecule has 0 aromatic heterocycles. The fourth-order valence-corrected chi connectivity index (χ4v) is 5.68. The van der Waals surface area contributed by atoms with E-state index < -0.39 is 0 Å². The van der Waals surface area contributed by atoms with Gasteiger partial charge in [0.05, 0.1) is 6.04 Å². The zero-order valence-electron chi connectivity index (χ0n) is 18.6. The molecule has 1 aliphatic carbocycles. The number of ether oxygens (including phenoxy) is 1. The molecule has 4 nitrogen and oxygen atoms in total. The second kappa shape index (κ2) is 7.63. The summed E-state index contributed by atoms with van der Waals surface area (Å²) in [6, 6.07) is 11.3. The van der Waals surface area contributed by atoms with Crippen molar-refractivity contribution in [1.82, 2.24) is 10.2 Å². The molecule has 1 N–H and O–H groups in total. The molecule has 1 amide bonds. The average molecular weight is 423 g/mol. The molecular weight excluding hydrogens is 391 g/mol. The fraction of sp³-hybridized carbons (Fsp3) is 0.500. The minimum Gasteiger partial charge on any atom is -0.445 e. The summed E-state index contributed by atoms with van der Waals surface area (Å²) in [7, 11) is 0. The van der Waals surface area contributed by atoms with E-state index in [1.54, 1.807) is 6.07 Å². The molecule has 3 saturated heterocycles. The highest BCUT2D eigenvalue weighted by Gasteiger charge is 2.42. The number of amides is 1. The first-order valence-corrected chi connectivity index (χ1v) is 11.4. The Bertz CT molecular complexity index is 1010. The number of rotatable bonds is 3. The second-order valence-corrected chi connectivity index (χ2v) is 10.2. The smallest absolute Gasteiger partial charge is 0.407 e. The van der Waals surface area contributed by atoms with Gasteiger partial charge in [-0.2, -0.15) is 0 Å². The lowest BCUT2D eigenvalue weighted by molar-refractivity contribution is -0.0348. The highest BCUT2D eigenvalue weighted by atomic mass is 19.1. The monoisotopic (exact) mass is 422 g/mol. The summed E-state index contributed by atoms with van der Waals surface area (Å²) in [6.45, 7) is 9.33. The maximum absolute atomic E-state index is 14.5. The van der Waals surface area contributed by atoms with Crippen LogP contribution in [0.1, 0.15) is 49.4 Å². The van der Waals surface area contributed by atoms with Gasteiger partial charge in [0.2, 0.25) is 0 Å². The normalized spacial score (nSPS) is 28.3. The van der Waals surface area contributed by atoms with Gasteiger partial charge in [-0.25, -0.2) is 9.18 Å². The molecule has 2 bridgehead atoms. The Morgan fingerprint density at radius 2 is 1.94 bits per heavy atom. The van der Waals surface area contributed by atoms with Gasteiger partial charge in [-0.3, -0.25) is 4.90 Å². The first-order valence-electron chi connectivity index (χ1n) is 11.4. The number of hydrogen-bond donors (Lipinski definition) is 1. The first-order chi connectivity index (χ1) is 14.8. The maximum atomic E-state index is 14.5. The van der Waals surface area contributed by atoms with E-state index in [1.165, 1.54) is 0 Å². The molecule has 164 valence electrons. The van der Waals surface area contributed by atoms with Crippen LogP contribution < -0.4 is 5.32 Å². The summed E-state index contributed by atoms with van der Waals surface area (Å²) in [5, 5.41) is 3.16. The van der Waals surface area contributed by atoms with Crippen molar-refractivity contribution in [2.75, 3.05) is 19.6 Å². The van der Waals surface area contributed by atoms with Gasteiger partial charge >= 0.3 is 6.09 Å². The lowest BCUT2D eigenvalue weighted by atomic mass is 9.85. The highest BCUT2D eigenvalue weighted by molar-refractivity contribution is 5.70. The van der Waals surface area contributed by atoms with Crippen molar-refractivity contribution in [2.45, 2.75) is 52.2 Å². The van der Waals surface area contributed by atoms with Crippen LogP contribution in [0.4, 0.5) is 9.18 Å². The molecule has 3 heterocycles. The van der Waals surface area contributed by atoms with Crippen molar-refractivity contribution in [2.24, 2.45) is 11.3 Å². The van der Waals surface area contributed by atoms with Gasteiger partial charge in [-0.15, -0.1) is 0 Å². The zero-order chi connectivity index (χ0) is 21.8. The van der Waals surface area contributed by atoms with E-state index >= 15 is 0 Å². The molecule has 2 atom stereocenters. The predicted molar refractivity (Wildman–Crippen MR) is 119 cm³/mol. The number of piperidine rings is 3. The van der Waals surface area contributed by atoms with Crippen molar-refractivity contribution >= 4 is 6.09 Å². The molecule has 4 aliphatic rings. The highest BCUT2D eigenvalue weighted by Crippen LogP contribution is 2.46. The molecule has 0 spiro atoms. The number of carbonyl (C=O) groups excluding carboxylic acids is 1. The lowest BCUT2D eigenvalue weighted by Gasteiger charge is -2.44.